The number of hydrogen-bond acceptors (Lipinski definition) is 4. The molecule has 0 atom stereocenters. The van der Waals surface area contributed by atoms with E-state index in [0.717, 1.165) is 22.5 Å². The van der Waals surface area contributed by atoms with Gasteiger partial charge in [0, 0.05) is 28.8 Å². The van der Waals surface area contributed by atoms with Crippen LogP contribution in [-0.2, 0) is 5.41 Å². The van der Waals surface area contributed by atoms with E-state index in [1.54, 1.807) is 12.3 Å². The molecule has 2 aromatic heterocycles. The summed E-state index contributed by atoms with van der Waals surface area (Å²) in [6.07, 6.45) is 1.70. The third-order valence-electron chi connectivity index (χ3n) is 6.21. The summed E-state index contributed by atoms with van der Waals surface area (Å²) in [6, 6.07) is 35.3. The molecule has 172 valence electrons. The maximum absolute atomic E-state index is 10.6. The number of benzene rings is 3. The first-order valence-corrected chi connectivity index (χ1v) is 11.6. The van der Waals surface area contributed by atoms with Crippen molar-refractivity contribution in [2.75, 3.05) is 0 Å². The summed E-state index contributed by atoms with van der Waals surface area (Å²) in [5.74, 6) is 1.42. The number of ether oxygens (including phenoxy) is 1. The molecular weight excluding hydrogens is 432 g/mol. The lowest BCUT2D eigenvalue weighted by atomic mass is 9.77. The molecule has 5 rings (SSSR count). The van der Waals surface area contributed by atoms with Crippen LogP contribution in [0.4, 0.5) is 0 Å². The first-order valence-electron chi connectivity index (χ1n) is 11.6. The molecule has 0 saturated heterocycles. The topological polar surface area (TPSA) is 55.2 Å². The number of phenolic OH excluding ortho intramolecular Hbond substituents is 1. The van der Waals surface area contributed by atoms with Crippen LogP contribution in [0.15, 0.2) is 115 Å². The summed E-state index contributed by atoms with van der Waals surface area (Å²) in [6.45, 7) is 4.41. The van der Waals surface area contributed by atoms with Gasteiger partial charge in [-0.25, -0.2) is 9.97 Å². The maximum atomic E-state index is 10.6. The Hall–Kier alpha value is -4.44. The monoisotopic (exact) mass is 458 g/mol. The van der Waals surface area contributed by atoms with Crippen molar-refractivity contribution in [3.8, 4) is 39.9 Å². The van der Waals surface area contributed by atoms with E-state index >= 15 is 0 Å². The van der Waals surface area contributed by atoms with Crippen LogP contribution in [0.2, 0.25) is 0 Å². The average molecular weight is 459 g/mol. The molecule has 0 bridgehead atoms. The zero-order chi connectivity index (χ0) is 24.3. The smallest absolute Gasteiger partial charge is 0.219 e. The minimum atomic E-state index is -0.278. The highest BCUT2D eigenvalue weighted by Crippen LogP contribution is 2.38. The van der Waals surface area contributed by atoms with Gasteiger partial charge < -0.3 is 9.84 Å². The molecular formula is C31H26N2O2. The zero-order valence-electron chi connectivity index (χ0n) is 19.7. The Morgan fingerprint density at radius 2 is 1.43 bits per heavy atom. The number of hydrogen-bond donors (Lipinski definition) is 1. The highest BCUT2D eigenvalue weighted by atomic mass is 16.5. The van der Waals surface area contributed by atoms with Crippen molar-refractivity contribution in [2.45, 2.75) is 19.3 Å². The standard InChI is InChI=1S/C31H26N2O2/c1-31(2,23-12-4-3-5-13-23)24-20-27(33-28(21-24)26-15-6-7-16-29(26)34)22-11-10-14-25(19-22)35-30-17-8-9-18-32-30/h3-21,34H,1-2H3. The van der Waals surface area contributed by atoms with Crippen LogP contribution in [0.5, 0.6) is 17.4 Å². The van der Waals surface area contributed by atoms with Crippen molar-refractivity contribution in [1.29, 1.82) is 0 Å². The minimum Gasteiger partial charge on any atom is -0.507 e. The Kier molecular flexibility index (Phi) is 6.02. The lowest BCUT2D eigenvalue weighted by molar-refractivity contribution is 0.463. The molecule has 0 saturated carbocycles. The molecule has 0 aliphatic rings. The van der Waals surface area contributed by atoms with Crippen molar-refractivity contribution in [3.63, 3.8) is 0 Å². The third kappa shape index (κ3) is 4.78. The van der Waals surface area contributed by atoms with Gasteiger partial charge in [-0.3, -0.25) is 0 Å². The van der Waals surface area contributed by atoms with Crippen molar-refractivity contribution >= 4 is 0 Å². The summed E-state index contributed by atoms with van der Waals surface area (Å²) >= 11 is 0. The second kappa shape index (κ2) is 9.43. The fraction of sp³-hybridized carbons (Fsp3) is 0.0968. The number of rotatable bonds is 6. The zero-order valence-corrected chi connectivity index (χ0v) is 19.7. The Labute approximate surface area is 205 Å². The number of para-hydroxylation sites is 1. The minimum absolute atomic E-state index is 0.202. The number of aromatic nitrogens is 2. The molecule has 1 N–H and O–H groups in total. The summed E-state index contributed by atoms with van der Waals surface area (Å²) in [5, 5.41) is 10.6. The Bertz CT molecular complexity index is 1450. The van der Waals surface area contributed by atoms with Crippen LogP contribution in [0.25, 0.3) is 22.5 Å². The van der Waals surface area contributed by atoms with Gasteiger partial charge in [0.1, 0.15) is 11.5 Å². The molecule has 35 heavy (non-hydrogen) atoms. The van der Waals surface area contributed by atoms with Crippen LogP contribution >= 0.6 is 0 Å². The van der Waals surface area contributed by atoms with E-state index in [-0.39, 0.29) is 11.2 Å². The van der Waals surface area contributed by atoms with E-state index in [1.165, 1.54) is 5.56 Å². The highest BCUT2D eigenvalue weighted by Gasteiger charge is 2.25. The van der Waals surface area contributed by atoms with E-state index in [9.17, 15) is 5.11 Å². The Balaban J connectivity index is 1.64. The Morgan fingerprint density at radius 3 is 2.20 bits per heavy atom. The third-order valence-corrected chi connectivity index (χ3v) is 6.21. The highest BCUT2D eigenvalue weighted by molar-refractivity contribution is 5.72. The van der Waals surface area contributed by atoms with Gasteiger partial charge in [0.05, 0.1) is 11.4 Å². The van der Waals surface area contributed by atoms with Gasteiger partial charge in [0.25, 0.3) is 0 Å². The van der Waals surface area contributed by atoms with Gasteiger partial charge in [-0.1, -0.05) is 74.5 Å². The molecule has 0 radical (unpaired) electrons. The summed E-state index contributed by atoms with van der Waals surface area (Å²) < 4.78 is 5.96. The van der Waals surface area contributed by atoms with E-state index in [4.69, 9.17) is 9.72 Å². The molecule has 0 amide bonds. The first kappa shape index (κ1) is 22.4. The number of phenols is 1. The predicted octanol–water partition coefficient (Wildman–Crippen LogP) is 7.63. The SMILES string of the molecule is CC(C)(c1ccccc1)c1cc(-c2cccc(Oc3ccccn3)c2)nc(-c2ccccc2O)c1. The second-order valence-corrected chi connectivity index (χ2v) is 8.93. The van der Waals surface area contributed by atoms with Crippen molar-refractivity contribution in [1.82, 2.24) is 9.97 Å². The molecule has 4 heteroatoms. The summed E-state index contributed by atoms with van der Waals surface area (Å²) in [7, 11) is 0. The van der Waals surface area contributed by atoms with Crippen LogP contribution in [0.1, 0.15) is 25.0 Å². The first-order chi connectivity index (χ1) is 17.0. The van der Waals surface area contributed by atoms with Gasteiger partial charge in [0.15, 0.2) is 0 Å². The van der Waals surface area contributed by atoms with Crippen molar-refractivity contribution in [2.24, 2.45) is 0 Å². The largest absolute Gasteiger partial charge is 0.507 e. The van der Waals surface area contributed by atoms with Gasteiger partial charge in [0.2, 0.25) is 5.88 Å². The number of aromatic hydroxyl groups is 1. The second-order valence-electron chi connectivity index (χ2n) is 8.93. The van der Waals surface area contributed by atoms with Gasteiger partial charge >= 0.3 is 0 Å². The molecule has 0 fully saturated rings. The number of pyridine rings is 2. The van der Waals surface area contributed by atoms with Gasteiger partial charge in [-0.2, -0.15) is 0 Å². The van der Waals surface area contributed by atoms with Gasteiger partial charge in [-0.15, -0.1) is 0 Å². The average Bonchev–Trinajstić information content (AvgIpc) is 2.90. The molecule has 3 aromatic carbocycles. The fourth-order valence-corrected chi connectivity index (χ4v) is 4.14. The van der Waals surface area contributed by atoms with E-state index in [2.05, 4.69) is 55.2 Å². The van der Waals surface area contributed by atoms with E-state index < -0.39 is 0 Å². The molecule has 5 aromatic rings. The molecule has 2 heterocycles. The lowest BCUT2D eigenvalue weighted by Gasteiger charge is -2.27. The van der Waals surface area contributed by atoms with Crippen LogP contribution in [0, 0.1) is 0 Å². The molecule has 0 spiro atoms. The summed E-state index contributed by atoms with van der Waals surface area (Å²) in [5.41, 5.74) is 5.16. The van der Waals surface area contributed by atoms with Crippen LogP contribution in [-0.4, -0.2) is 15.1 Å². The van der Waals surface area contributed by atoms with Crippen molar-refractivity contribution < 1.29 is 9.84 Å². The van der Waals surface area contributed by atoms with Crippen molar-refractivity contribution in [3.05, 3.63) is 127 Å². The molecule has 0 aliphatic heterocycles. The van der Waals surface area contributed by atoms with E-state index in [1.807, 2.05) is 66.7 Å². The fourth-order valence-electron chi connectivity index (χ4n) is 4.14. The molecule has 0 aliphatic carbocycles. The van der Waals surface area contributed by atoms with Gasteiger partial charge in [-0.05, 0) is 53.6 Å². The molecule has 0 unspecified atom stereocenters. The summed E-state index contributed by atoms with van der Waals surface area (Å²) in [4.78, 5) is 9.21. The Morgan fingerprint density at radius 1 is 0.686 bits per heavy atom. The maximum Gasteiger partial charge on any atom is 0.219 e. The molecule has 4 nitrogen and oxygen atoms in total. The number of nitrogens with zero attached hydrogens (tertiary/aromatic N) is 2. The normalized spacial score (nSPS) is 11.3. The van der Waals surface area contributed by atoms with E-state index in [0.29, 0.717) is 17.2 Å². The lowest BCUT2D eigenvalue weighted by Crippen LogP contribution is -2.19. The quantitative estimate of drug-likeness (QED) is 0.284. The van der Waals surface area contributed by atoms with Crippen LogP contribution in [0.3, 0.4) is 0 Å². The predicted molar refractivity (Wildman–Crippen MR) is 140 cm³/mol. The van der Waals surface area contributed by atoms with Crippen LogP contribution < -0.4 is 4.74 Å².